The summed E-state index contributed by atoms with van der Waals surface area (Å²) in [7, 11) is 0. The second-order valence-corrected chi connectivity index (χ2v) is 9.09. The Labute approximate surface area is 156 Å². The highest BCUT2D eigenvalue weighted by Crippen LogP contribution is 2.54. The molecule has 5 heteroatoms. The highest BCUT2D eigenvalue weighted by molar-refractivity contribution is 5.25. The van der Waals surface area contributed by atoms with Crippen molar-refractivity contribution in [1.82, 2.24) is 0 Å². The van der Waals surface area contributed by atoms with Crippen LogP contribution < -0.4 is 0 Å². The molecule has 0 aromatic rings. The Morgan fingerprint density at radius 3 is 2.50 bits per heavy atom. The van der Waals surface area contributed by atoms with Gasteiger partial charge in [-0.2, -0.15) is 0 Å². The fraction of sp³-hybridized carbons (Fsp3) is 0.810. The predicted octanol–water partition coefficient (Wildman–Crippen LogP) is 2.14. The minimum Gasteiger partial charge on any atom is -0.390 e. The van der Waals surface area contributed by atoms with Gasteiger partial charge in [0.05, 0.1) is 24.4 Å². The highest BCUT2D eigenvalue weighted by Gasteiger charge is 2.52. The fourth-order valence-electron chi connectivity index (χ4n) is 5.56. The number of hydrogen-bond acceptors (Lipinski definition) is 5. The van der Waals surface area contributed by atoms with Gasteiger partial charge in [-0.05, 0) is 55.8 Å². The maximum absolute atomic E-state index is 10.6. The van der Waals surface area contributed by atoms with E-state index >= 15 is 0 Å². The van der Waals surface area contributed by atoms with Crippen LogP contribution in [0.2, 0.25) is 0 Å². The fourth-order valence-corrected chi connectivity index (χ4v) is 5.56. The molecule has 0 heterocycles. The molecule has 0 aromatic carbocycles. The number of hydrogen-bond donors (Lipinski definition) is 4. The molecule has 8 atom stereocenters. The third-order valence-corrected chi connectivity index (χ3v) is 7.67. The largest absolute Gasteiger partial charge is 0.390 e. The summed E-state index contributed by atoms with van der Waals surface area (Å²) in [5, 5.41) is 40.5. The van der Waals surface area contributed by atoms with Crippen LogP contribution >= 0.6 is 0 Å². The van der Waals surface area contributed by atoms with Crippen molar-refractivity contribution in [2.75, 3.05) is 6.79 Å². The van der Waals surface area contributed by atoms with E-state index in [1.54, 1.807) is 0 Å². The average Bonchev–Trinajstić information content (AvgIpc) is 2.80. The van der Waals surface area contributed by atoms with Crippen LogP contribution in [-0.4, -0.2) is 51.6 Å². The van der Waals surface area contributed by atoms with Crippen LogP contribution in [-0.2, 0) is 4.74 Å². The summed E-state index contributed by atoms with van der Waals surface area (Å²) >= 11 is 0. The topological polar surface area (TPSA) is 90.2 Å². The Kier molecular flexibility index (Phi) is 5.67. The van der Waals surface area contributed by atoms with Gasteiger partial charge in [0, 0.05) is 5.41 Å². The molecule has 3 aliphatic rings. The van der Waals surface area contributed by atoms with Crippen molar-refractivity contribution in [1.29, 1.82) is 0 Å². The van der Waals surface area contributed by atoms with E-state index in [2.05, 4.69) is 26.5 Å². The lowest BCUT2D eigenvalue weighted by molar-refractivity contribution is -0.0859. The Morgan fingerprint density at radius 1 is 1.12 bits per heavy atom. The van der Waals surface area contributed by atoms with Crippen LogP contribution in [0.4, 0.5) is 0 Å². The van der Waals surface area contributed by atoms with Crippen LogP contribution in [0.3, 0.4) is 0 Å². The summed E-state index contributed by atoms with van der Waals surface area (Å²) in [5.41, 5.74) is 0.478. The van der Waals surface area contributed by atoms with Gasteiger partial charge in [-0.15, -0.1) is 0 Å². The Morgan fingerprint density at radius 2 is 1.81 bits per heavy atom. The standard InChI is InChI=1S/C21H34O5/c1-13-4-6-21(3)15(11-18(24)19(21)25)10-17(26-12-22)9-14-8-16(23)5-7-20(13,14)2/h5,7,14-19,22-25H,1,4,6,8-12H2,2-3H3/t14-,15-,16+,17+,18-,19+,20-,21+/m1/s1. The van der Waals surface area contributed by atoms with Crippen molar-refractivity contribution in [2.45, 2.75) is 76.8 Å². The number of aliphatic hydroxyl groups excluding tert-OH is 4. The molecule has 0 saturated heterocycles. The third-order valence-electron chi connectivity index (χ3n) is 7.67. The summed E-state index contributed by atoms with van der Waals surface area (Å²) in [6.45, 7) is 8.24. The molecule has 0 aromatic heterocycles. The first kappa shape index (κ1) is 20.0. The lowest BCUT2D eigenvalue weighted by Crippen LogP contribution is -2.42. The summed E-state index contributed by atoms with van der Waals surface area (Å²) in [4.78, 5) is 0. The zero-order chi connectivity index (χ0) is 19.1. The monoisotopic (exact) mass is 366 g/mol. The number of fused-ring (bicyclic) bond motifs is 2. The van der Waals surface area contributed by atoms with Gasteiger partial charge in [-0.1, -0.05) is 38.2 Å². The minimum absolute atomic E-state index is 0.130. The van der Waals surface area contributed by atoms with E-state index in [0.29, 0.717) is 19.3 Å². The first-order valence-electron chi connectivity index (χ1n) is 9.85. The smallest absolute Gasteiger partial charge is 0.143 e. The Hall–Kier alpha value is -0.720. The average molecular weight is 366 g/mol. The molecule has 3 rings (SSSR count). The quantitative estimate of drug-likeness (QED) is 0.444. The van der Waals surface area contributed by atoms with E-state index < -0.39 is 18.3 Å². The van der Waals surface area contributed by atoms with E-state index in [-0.39, 0.29) is 35.6 Å². The van der Waals surface area contributed by atoms with Gasteiger partial charge in [0.25, 0.3) is 0 Å². The zero-order valence-electron chi connectivity index (χ0n) is 16.0. The number of allylic oxidation sites excluding steroid dienone is 2. The van der Waals surface area contributed by atoms with Crippen molar-refractivity contribution in [3.8, 4) is 0 Å². The molecule has 2 fully saturated rings. The normalized spacial score (nSPS) is 49.5. The molecule has 0 spiro atoms. The summed E-state index contributed by atoms with van der Waals surface area (Å²) in [5.74, 6) is 0.317. The molecule has 0 unspecified atom stereocenters. The van der Waals surface area contributed by atoms with Gasteiger partial charge in [-0.3, -0.25) is 0 Å². The maximum atomic E-state index is 10.6. The molecule has 2 saturated carbocycles. The van der Waals surface area contributed by atoms with E-state index in [4.69, 9.17) is 4.74 Å². The lowest BCUT2D eigenvalue weighted by atomic mass is 9.61. The maximum Gasteiger partial charge on any atom is 0.143 e. The Bertz CT molecular complexity index is 561. The van der Waals surface area contributed by atoms with Gasteiger partial charge < -0.3 is 25.2 Å². The molecule has 5 nitrogen and oxygen atoms in total. The van der Waals surface area contributed by atoms with E-state index in [9.17, 15) is 20.4 Å². The van der Waals surface area contributed by atoms with Crippen molar-refractivity contribution >= 4 is 0 Å². The number of rotatable bonds is 2. The molecule has 0 bridgehead atoms. The molecule has 148 valence electrons. The zero-order valence-corrected chi connectivity index (χ0v) is 16.0. The van der Waals surface area contributed by atoms with Crippen LogP contribution in [0.15, 0.2) is 24.3 Å². The summed E-state index contributed by atoms with van der Waals surface area (Å²) in [6, 6.07) is 0. The van der Waals surface area contributed by atoms with Gasteiger partial charge in [0.1, 0.15) is 6.79 Å². The molecular weight excluding hydrogens is 332 g/mol. The van der Waals surface area contributed by atoms with Crippen LogP contribution in [0.25, 0.3) is 0 Å². The number of aliphatic hydroxyl groups is 4. The lowest BCUT2D eigenvalue weighted by Gasteiger charge is -2.46. The predicted molar refractivity (Wildman–Crippen MR) is 99.2 cm³/mol. The molecule has 0 aliphatic heterocycles. The first-order valence-corrected chi connectivity index (χ1v) is 9.85. The van der Waals surface area contributed by atoms with Gasteiger partial charge in [0.15, 0.2) is 0 Å². The molecule has 0 radical (unpaired) electrons. The van der Waals surface area contributed by atoms with Crippen LogP contribution in [0.5, 0.6) is 0 Å². The van der Waals surface area contributed by atoms with Gasteiger partial charge in [0.2, 0.25) is 0 Å². The van der Waals surface area contributed by atoms with E-state index in [0.717, 1.165) is 24.8 Å². The molecule has 0 amide bonds. The number of ether oxygens (including phenoxy) is 1. The third kappa shape index (κ3) is 3.40. The van der Waals surface area contributed by atoms with Gasteiger partial charge >= 0.3 is 0 Å². The van der Waals surface area contributed by atoms with Crippen molar-refractivity contribution in [3.05, 3.63) is 24.3 Å². The second-order valence-electron chi connectivity index (χ2n) is 9.09. The summed E-state index contributed by atoms with van der Waals surface area (Å²) < 4.78 is 5.66. The van der Waals surface area contributed by atoms with Crippen molar-refractivity contribution < 1.29 is 25.2 Å². The highest BCUT2D eigenvalue weighted by atomic mass is 16.6. The molecule has 3 aliphatic carbocycles. The van der Waals surface area contributed by atoms with E-state index in [1.165, 1.54) is 0 Å². The van der Waals surface area contributed by atoms with Gasteiger partial charge in [-0.25, -0.2) is 0 Å². The van der Waals surface area contributed by atoms with Crippen LogP contribution in [0, 0.1) is 22.7 Å². The SMILES string of the molecule is C=C1CC[C@@]2(C)[C@H](C[C@@H](OCO)C[C@H]3C[C@@H](O)C=C[C@]13C)C[C@@H](O)[C@@H]2O. The molecule has 26 heavy (non-hydrogen) atoms. The Balaban J connectivity index is 1.94. The van der Waals surface area contributed by atoms with E-state index in [1.807, 2.05) is 6.08 Å². The van der Waals surface area contributed by atoms with Crippen LogP contribution in [0.1, 0.15) is 52.4 Å². The molecule has 4 N–H and O–H groups in total. The van der Waals surface area contributed by atoms with Crippen molar-refractivity contribution in [3.63, 3.8) is 0 Å². The minimum atomic E-state index is -0.748. The van der Waals surface area contributed by atoms with Crippen molar-refractivity contribution in [2.24, 2.45) is 22.7 Å². The second kappa shape index (κ2) is 7.36. The summed E-state index contributed by atoms with van der Waals surface area (Å²) in [6.07, 6.45) is 6.02. The first-order chi connectivity index (χ1) is 12.2. The molecular formula is C21H34O5.